The largest absolute Gasteiger partial charge is 0.416 e. The molecular formula is C19H18F4N4O2. The first-order valence-electron chi connectivity index (χ1n) is 8.99. The number of benzene rings is 1. The first-order chi connectivity index (χ1) is 13.6. The average Bonchev–Trinajstić information content (AvgIpc) is 3.19. The number of aliphatic hydroxyl groups excluding tert-OH is 2. The molecule has 1 saturated carbocycles. The van der Waals surface area contributed by atoms with E-state index < -0.39 is 35.8 Å². The van der Waals surface area contributed by atoms with Crippen molar-refractivity contribution in [1.82, 2.24) is 14.6 Å². The van der Waals surface area contributed by atoms with Gasteiger partial charge in [-0.1, -0.05) is 6.92 Å². The molecular weight excluding hydrogens is 392 g/mol. The minimum atomic E-state index is -4.61. The molecule has 4 rings (SSSR count). The zero-order valence-electron chi connectivity index (χ0n) is 15.2. The molecule has 154 valence electrons. The van der Waals surface area contributed by atoms with Crippen molar-refractivity contribution in [1.29, 1.82) is 0 Å². The van der Waals surface area contributed by atoms with Crippen LogP contribution in [0.15, 0.2) is 36.5 Å². The van der Waals surface area contributed by atoms with E-state index >= 15 is 0 Å². The molecule has 0 radical (unpaired) electrons. The highest BCUT2D eigenvalue weighted by molar-refractivity contribution is 5.67. The van der Waals surface area contributed by atoms with Gasteiger partial charge < -0.3 is 15.5 Å². The number of halogens is 4. The van der Waals surface area contributed by atoms with E-state index in [9.17, 15) is 27.8 Å². The van der Waals surface area contributed by atoms with Crippen molar-refractivity contribution >= 4 is 11.5 Å². The van der Waals surface area contributed by atoms with E-state index in [0.29, 0.717) is 30.0 Å². The van der Waals surface area contributed by atoms with Crippen LogP contribution in [0, 0.1) is 11.7 Å². The number of fused-ring (bicyclic) bond motifs is 1. The highest BCUT2D eigenvalue weighted by Crippen LogP contribution is 2.34. The Kier molecular flexibility index (Phi) is 4.70. The summed E-state index contributed by atoms with van der Waals surface area (Å²) in [6.07, 6.45) is -4.47. The predicted octanol–water partition coefficient (Wildman–Crippen LogP) is 3.10. The van der Waals surface area contributed by atoms with Crippen LogP contribution in [0.5, 0.6) is 0 Å². The van der Waals surface area contributed by atoms with E-state index in [0.717, 1.165) is 6.07 Å². The number of rotatable bonds is 3. The third-order valence-electron chi connectivity index (χ3n) is 5.23. The molecule has 29 heavy (non-hydrogen) atoms. The molecule has 1 aromatic carbocycles. The van der Waals surface area contributed by atoms with E-state index in [1.54, 1.807) is 6.07 Å². The van der Waals surface area contributed by atoms with Crippen LogP contribution in [0.2, 0.25) is 0 Å². The fourth-order valence-corrected chi connectivity index (χ4v) is 3.62. The second-order valence-electron chi connectivity index (χ2n) is 7.27. The molecule has 0 spiro atoms. The molecule has 1 aliphatic carbocycles. The van der Waals surface area contributed by atoms with Crippen molar-refractivity contribution in [3.63, 3.8) is 0 Å². The lowest BCUT2D eigenvalue weighted by atomic mass is 10.1. The highest BCUT2D eigenvalue weighted by Gasteiger charge is 2.39. The van der Waals surface area contributed by atoms with Gasteiger partial charge in [-0.25, -0.2) is 9.37 Å². The lowest BCUT2D eigenvalue weighted by molar-refractivity contribution is -0.137. The molecule has 10 heteroatoms. The van der Waals surface area contributed by atoms with Gasteiger partial charge >= 0.3 is 6.18 Å². The molecule has 0 aliphatic heterocycles. The second kappa shape index (κ2) is 6.96. The van der Waals surface area contributed by atoms with Crippen LogP contribution < -0.4 is 5.32 Å². The molecule has 3 aromatic rings. The molecule has 6 nitrogen and oxygen atoms in total. The summed E-state index contributed by atoms with van der Waals surface area (Å²) in [5.41, 5.74) is -0.978. The standard InChI is InChI=1S/C19H18F4N4O2/c1-9-6-14(18(29)17(9)28)25-15-4-5-24-16-8-13(26-27(15)16)11-7-10(19(21,22)23)2-3-12(11)20/h2-5,7-9,14,17-18,25,28-29H,6H2,1H3/t9-,14-,17?,18?/m1/s1. The zero-order valence-corrected chi connectivity index (χ0v) is 15.2. The summed E-state index contributed by atoms with van der Waals surface area (Å²) in [6, 6.07) is 4.66. The summed E-state index contributed by atoms with van der Waals surface area (Å²) in [4.78, 5) is 4.12. The Morgan fingerprint density at radius 1 is 1.14 bits per heavy atom. The SMILES string of the molecule is C[C@@H]1C[C@@H](Nc2ccnc3cc(-c4cc(C(F)(F)F)ccc4F)nn23)C(O)C1O. The molecule has 2 heterocycles. The van der Waals surface area contributed by atoms with Gasteiger partial charge in [-0.3, -0.25) is 0 Å². The van der Waals surface area contributed by atoms with Gasteiger partial charge in [0.15, 0.2) is 5.65 Å². The van der Waals surface area contributed by atoms with Crippen molar-refractivity contribution < 1.29 is 27.8 Å². The lowest BCUT2D eigenvalue weighted by Crippen LogP contribution is -2.35. The Morgan fingerprint density at radius 3 is 2.55 bits per heavy atom. The van der Waals surface area contributed by atoms with Crippen LogP contribution in [-0.4, -0.2) is 43.1 Å². The van der Waals surface area contributed by atoms with E-state index in [1.807, 2.05) is 6.92 Å². The first kappa shape index (κ1) is 19.6. The highest BCUT2D eigenvalue weighted by atomic mass is 19.4. The number of hydrogen-bond acceptors (Lipinski definition) is 5. The molecule has 2 unspecified atom stereocenters. The Labute approximate surface area is 162 Å². The molecule has 1 aliphatic rings. The molecule has 0 amide bonds. The summed E-state index contributed by atoms with van der Waals surface area (Å²) in [6.45, 7) is 1.82. The van der Waals surface area contributed by atoms with Gasteiger partial charge in [-0.2, -0.15) is 22.8 Å². The number of anilines is 1. The van der Waals surface area contributed by atoms with Crippen LogP contribution in [0.1, 0.15) is 18.9 Å². The topological polar surface area (TPSA) is 82.7 Å². The molecule has 0 bridgehead atoms. The minimum Gasteiger partial charge on any atom is -0.390 e. The van der Waals surface area contributed by atoms with E-state index in [1.165, 1.54) is 16.8 Å². The average molecular weight is 410 g/mol. The Morgan fingerprint density at radius 2 is 1.90 bits per heavy atom. The van der Waals surface area contributed by atoms with Crippen LogP contribution in [0.3, 0.4) is 0 Å². The maximum absolute atomic E-state index is 14.2. The summed E-state index contributed by atoms with van der Waals surface area (Å²) in [7, 11) is 0. The van der Waals surface area contributed by atoms with Crippen LogP contribution in [-0.2, 0) is 6.18 Å². The van der Waals surface area contributed by atoms with Gasteiger partial charge in [0.1, 0.15) is 17.7 Å². The monoisotopic (exact) mass is 410 g/mol. The predicted molar refractivity (Wildman–Crippen MR) is 96.6 cm³/mol. The first-order valence-corrected chi connectivity index (χ1v) is 8.99. The van der Waals surface area contributed by atoms with Crippen molar-refractivity contribution in [3.8, 4) is 11.3 Å². The van der Waals surface area contributed by atoms with Crippen LogP contribution in [0.25, 0.3) is 16.9 Å². The molecule has 3 N–H and O–H groups in total. The van der Waals surface area contributed by atoms with Crippen molar-refractivity contribution in [2.45, 2.75) is 37.8 Å². The van der Waals surface area contributed by atoms with Gasteiger partial charge in [0.25, 0.3) is 0 Å². The van der Waals surface area contributed by atoms with Gasteiger partial charge in [0.05, 0.1) is 23.4 Å². The number of nitrogens with one attached hydrogen (secondary N) is 1. The number of aliphatic hydroxyl groups is 2. The van der Waals surface area contributed by atoms with Crippen LogP contribution >= 0.6 is 0 Å². The Hall–Kier alpha value is -2.72. The molecule has 1 fully saturated rings. The molecule has 2 aromatic heterocycles. The maximum atomic E-state index is 14.2. The lowest BCUT2D eigenvalue weighted by Gasteiger charge is -2.19. The van der Waals surface area contributed by atoms with E-state index in [4.69, 9.17) is 0 Å². The van der Waals surface area contributed by atoms with Crippen molar-refractivity contribution in [3.05, 3.63) is 47.9 Å². The second-order valence-corrected chi connectivity index (χ2v) is 7.27. The summed E-state index contributed by atoms with van der Waals surface area (Å²) >= 11 is 0. The van der Waals surface area contributed by atoms with Crippen molar-refractivity contribution in [2.24, 2.45) is 5.92 Å². The van der Waals surface area contributed by atoms with Crippen molar-refractivity contribution in [2.75, 3.05) is 5.32 Å². The number of alkyl halides is 3. The summed E-state index contributed by atoms with van der Waals surface area (Å²) in [5, 5.41) is 27.4. The number of aromatic nitrogens is 3. The smallest absolute Gasteiger partial charge is 0.390 e. The van der Waals surface area contributed by atoms with Gasteiger partial charge in [-0.05, 0) is 36.6 Å². The maximum Gasteiger partial charge on any atom is 0.416 e. The normalized spacial score (nSPS) is 24.9. The van der Waals surface area contributed by atoms with Gasteiger partial charge in [0, 0.05) is 17.8 Å². The fraction of sp³-hybridized carbons (Fsp3) is 0.368. The van der Waals surface area contributed by atoms with Gasteiger partial charge in [-0.15, -0.1) is 0 Å². The summed E-state index contributed by atoms with van der Waals surface area (Å²) in [5.74, 6) is -0.523. The number of hydrogen-bond donors (Lipinski definition) is 3. The third kappa shape index (κ3) is 3.53. The molecule has 4 atom stereocenters. The van der Waals surface area contributed by atoms with E-state index in [2.05, 4.69) is 15.4 Å². The Balaban J connectivity index is 1.72. The van der Waals surface area contributed by atoms with Gasteiger partial charge in [0.2, 0.25) is 0 Å². The quantitative estimate of drug-likeness (QED) is 0.578. The molecule has 0 saturated heterocycles. The Bertz CT molecular complexity index is 1050. The number of nitrogens with zero attached hydrogens (tertiary/aromatic N) is 3. The zero-order chi connectivity index (χ0) is 20.9. The fourth-order valence-electron chi connectivity index (χ4n) is 3.62. The third-order valence-corrected chi connectivity index (χ3v) is 5.23. The van der Waals surface area contributed by atoms with Crippen LogP contribution in [0.4, 0.5) is 23.4 Å². The minimum absolute atomic E-state index is 0.00396. The summed E-state index contributed by atoms with van der Waals surface area (Å²) < 4.78 is 54.5. The van der Waals surface area contributed by atoms with E-state index in [-0.39, 0.29) is 17.2 Å².